The van der Waals surface area contributed by atoms with Crippen LogP contribution in [-0.2, 0) is 9.59 Å². The smallest absolute Gasteiger partial charge is 0.307 e. The van der Waals surface area contributed by atoms with Gasteiger partial charge in [-0.2, -0.15) is 0 Å². The number of aliphatic carboxylic acids is 1. The maximum Gasteiger partial charge on any atom is 0.307 e. The molecule has 0 saturated heterocycles. The first-order chi connectivity index (χ1) is 8.09. The van der Waals surface area contributed by atoms with Gasteiger partial charge < -0.3 is 10.4 Å². The van der Waals surface area contributed by atoms with E-state index in [1.165, 1.54) is 12.8 Å². The van der Waals surface area contributed by atoms with Crippen molar-refractivity contribution < 1.29 is 14.7 Å². The molecule has 1 amide bonds. The molecule has 0 aliphatic heterocycles. The van der Waals surface area contributed by atoms with Gasteiger partial charge in [0.05, 0.1) is 11.8 Å². The predicted molar refractivity (Wildman–Crippen MR) is 63.4 cm³/mol. The quantitative estimate of drug-likeness (QED) is 0.766. The predicted octanol–water partition coefficient (Wildman–Crippen LogP) is 1.65. The molecule has 2 saturated carbocycles. The first kappa shape index (κ1) is 12.4. The molecule has 0 heterocycles. The molecule has 2 aliphatic carbocycles. The van der Waals surface area contributed by atoms with E-state index in [0.29, 0.717) is 18.9 Å². The monoisotopic (exact) mass is 239 g/mol. The van der Waals surface area contributed by atoms with Crippen molar-refractivity contribution >= 4 is 11.9 Å². The number of carbonyl (C=O) groups excluding carboxylic acids is 1. The number of carboxylic acid groups (broad SMARTS) is 1. The molecule has 4 nitrogen and oxygen atoms in total. The van der Waals surface area contributed by atoms with Gasteiger partial charge in [-0.3, -0.25) is 9.59 Å². The van der Waals surface area contributed by atoms with Crippen LogP contribution in [0.3, 0.4) is 0 Å². The fourth-order valence-electron chi connectivity index (χ4n) is 2.79. The van der Waals surface area contributed by atoms with Gasteiger partial charge >= 0.3 is 5.97 Å². The van der Waals surface area contributed by atoms with Gasteiger partial charge in [0.1, 0.15) is 0 Å². The molecule has 0 spiro atoms. The first-order valence-corrected chi connectivity index (χ1v) is 6.60. The van der Waals surface area contributed by atoms with E-state index in [-0.39, 0.29) is 11.8 Å². The van der Waals surface area contributed by atoms with E-state index < -0.39 is 11.9 Å². The molecular formula is C13H21NO3. The van der Waals surface area contributed by atoms with E-state index in [2.05, 4.69) is 12.2 Å². The third kappa shape index (κ3) is 2.99. The van der Waals surface area contributed by atoms with Crippen LogP contribution in [0.15, 0.2) is 0 Å². The number of carbonyl (C=O) groups is 2. The highest BCUT2D eigenvalue weighted by molar-refractivity contribution is 5.85. The van der Waals surface area contributed by atoms with Crippen LogP contribution in [0.4, 0.5) is 0 Å². The summed E-state index contributed by atoms with van der Waals surface area (Å²) in [6.45, 7) is 2.85. The van der Waals surface area contributed by atoms with Crippen molar-refractivity contribution in [3.05, 3.63) is 0 Å². The summed E-state index contributed by atoms with van der Waals surface area (Å²) in [6.07, 6.45) is 4.77. The van der Waals surface area contributed by atoms with Gasteiger partial charge in [0.25, 0.3) is 0 Å². The zero-order valence-electron chi connectivity index (χ0n) is 10.3. The number of rotatable bonds is 5. The van der Waals surface area contributed by atoms with Crippen molar-refractivity contribution in [1.82, 2.24) is 5.32 Å². The second-order valence-electron chi connectivity index (χ2n) is 5.54. The van der Waals surface area contributed by atoms with Crippen LogP contribution in [0.2, 0.25) is 0 Å². The Bertz CT molecular complexity index is 312. The Morgan fingerprint density at radius 3 is 2.47 bits per heavy atom. The minimum absolute atomic E-state index is 0.0533. The number of amides is 1. The van der Waals surface area contributed by atoms with Crippen molar-refractivity contribution in [1.29, 1.82) is 0 Å². The van der Waals surface area contributed by atoms with E-state index in [9.17, 15) is 9.59 Å². The van der Waals surface area contributed by atoms with E-state index in [1.807, 2.05) is 0 Å². The Labute approximate surface area is 102 Å². The van der Waals surface area contributed by atoms with Gasteiger partial charge in [0.2, 0.25) is 5.91 Å². The largest absolute Gasteiger partial charge is 0.481 e. The summed E-state index contributed by atoms with van der Waals surface area (Å²) in [6, 6.07) is 0. The van der Waals surface area contributed by atoms with Gasteiger partial charge in [-0.05, 0) is 37.5 Å². The molecule has 2 N–H and O–H groups in total. The van der Waals surface area contributed by atoms with Gasteiger partial charge in [-0.15, -0.1) is 0 Å². The van der Waals surface area contributed by atoms with E-state index in [4.69, 9.17) is 5.11 Å². The number of hydrogen-bond acceptors (Lipinski definition) is 2. The molecule has 2 rings (SSSR count). The highest BCUT2D eigenvalue weighted by atomic mass is 16.4. The number of hydrogen-bond donors (Lipinski definition) is 2. The van der Waals surface area contributed by atoms with Crippen LogP contribution in [0.25, 0.3) is 0 Å². The molecular weight excluding hydrogens is 218 g/mol. The molecule has 2 fully saturated rings. The molecule has 0 radical (unpaired) electrons. The fourth-order valence-corrected chi connectivity index (χ4v) is 2.79. The summed E-state index contributed by atoms with van der Waals surface area (Å²) in [7, 11) is 0. The summed E-state index contributed by atoms with van der Waals surface area (Å²) in [5, 5.41) is 12.0. The molecule has 4 heteroatoms. The molecule has 96 valence electrons. The Balaban J connectivity index is 1.80. The Hall–Kier alpha value is -1.06. The van der Waals surface area contributed by atoms with Crippen LogP contribution in [0, 0.1) is 23.7 Å². The SMILES string of the molecule is CC(CNC(=O)[C@@H]1CCC[C@@H]1C(=O)O)C1CC1. The zero-order valence-corrected chi connectivity index (χ0v) is 10.3. The van der Waals surface area contributed by atoms with Crippen molar-refractivity contribution in [2.45, 2.75) is 39.0 Å². The van der Waals surface area contributed by atoms with Crippen LogP contribution in [0.5, 0.6) is 0 Å². The van der Waals surface area contributed by atoms with Crippen molar-refractivity contribution in [3.8, 4) is 0 Å². The van der Waals surface area contributed by atoms with Crippen LogP contribution in [-0.4, -0.2) is 23.5 Å². The van der Waals surface area contributed by atoms with Gasteiger partial charge in [-0.25, -0.2) is 0 Å². The lowest BCUT2D eigenvalue weighted by Crippen LogP contribution is -2.37. The second kappa shape index (κ2) is 5.07. The van der Waals surface area contributed by atoms with Gasteiger partial charge in [0, 0.05) is 6.54 Å². The molecule has 17 heavy (non-hydrogen) atoms. The van der Waals surface area contributed by atoms with Crippen molar-refractivity contribution in [2.75, 3.05) is 6.54 Å². The number of carboxylic acids is 1. The topological polar surface area (TPSA) is 66.4 Å². The lowest BCUT2D eigenvalue weighted by molar-refractivity contribution is -0.146. The van der Waals surface area contributed by atoms with Crippen molar-refractivity contribution in [2.24, 2.45) is 23.7 Å². The normalized spacial score (nSPS) is 29.9. The fraction of sp³-hybridized carbons (Fsp3) is 0.846. The Kier molecular flexibility index (Phi) is 3.69. The maximum absolute atomic E-state index is 11.9. The Morgan fingerprint density at radius 2 is 1.88 bits per heavy atom. The lowest BCUT2D eigenvalue weighted by Gasteiger charge is -2.17. The third-order valence-corrected chi connectivity index (χ3v) is 4.19. The van der Waals surface area contributed by atoms with Crippen LogP contribution < -0.4 is 5.32 Å². The second-order valence-corrected chi connectivity index (χ2v) is 5.54. The third-order valence-electron chi connectivity index (χ3n) is 4.19. The molecule has 3 atom stereocenters. The molecule has 1 unspecified atom stereocenters. The first-order valence-electron chi connectivity index (χ1n) is 6.60. The molecule has 0 bridgehead atoms. The molecule has 0 aromatic rings. The number of nitrogens with one attached hydrogen (secondary N) is 1. The molecule has 0 aromatic heterocycles. The minimum Gasteiger partial charge on any atom is -0.481 e. The van der Waals surface area contributed by atoms with Gasteiger partial charge in [-0.1, -0.05) is 13.3 Å². The average molecular weight is 239 g/mol. The zero-order chi connectivity index (χ0) is 12.4. The van der Waals surface area contributed by atoms with E-state index >= 15 is 0 Å². The standard InChI is InChI=1S/C13H21NO3/c1-8(9-5-6-9)7-14-12(15)10-3-2-4-11(10)13(16)17/h8-11H,2-7H2,1H3,(H,14,15)(H,16,17)/t8?,10-,11+/m1/s1. The summed E-state index contributed by atoms with van der Waals surface area (Å²) in [5.74, 6) is -0.344. The van der Waals surface area contributed by atoms with Crippen LogP contribution in [0.1, 0.15) is 39.0 Å². The molecule has 2 aliphatic rings. The summed E-state index contributed by atoms with van der Waals surface area (Å²) >= 11 is 0. The maximum atomic E-state index is 11.9. The van der Waals surface area contributed by atoms with Crippen molar-refractivity contribution in [3.63, 3.8) is 0 Å². The summed E-state index contributed by atoms with van der Waals surface area (Å²) < 4.78 is 0. The molecule has 0 aromatic carbocycles. The highest BCUT2D eigenvalue weighted by Gasteiger charge is 2.38. The Morgan fingerprint density at radius 1 is 1.24 bits per heavy atom. The van der Waals surface area contributed by atoms with Gasteiger partial charge in [0.15, 0.2) is 0 Å². The van der Waals surface area contributed by atoms with E-state index in [1.54, 1.807) is 0 Å². The summed E-state index contributed by atoms with van der Waals surface area (Å²) in [4.78, 5) is 22.9. The van der Waals surface area contributed by atoms with E-state index in [0.717, 1.165) is 18.8 Å². The highest BCUT2D eigenvalue weighted by Crippen LogP contribution is 2.36. The van der Waals surface area contributed by atoms with Crippen LogP contribution >= 0.6 is 0 Å². The summed E-state index contributed by atoms with van der Waals surface area (Å²) in [5.41, 5.74) is 0. The minimum atomic E-state index is -0.821. The lowest BCUT2D eigenvalue weighted by atomic mass is 9.95. The average Bonchev–Trinajstić information content (AvgIpc) is 3.02.